The zero-order valence-corrected chi connectivity index (χ0v) is 27.4. The van der Waals surface area contributed by atoms with Crippen LogP contribution in [0.2, 0.25) is 0 Å². The summed E-state index contributed by atoms with van der Waals surface area (Å²) in [6, 6.07) is 14.3. The normalized spacial score (nSPS) is 12.6. The zero-order valence-electron chi connectivity index (χ0n) is 26.5. The van der Waals surface area contributed by atoms with Gasteiger partial charge in [0.25, 0.3) is 11.8 Å². The van der Waals surface area contributed by atoms with Crippen LogP contribution in [0.1, 0.15) is 67.3 Å². The number of aliphatic hydroxyl groups is 1. The van der Waals surface area contributed by atoms with E-state index in [1.54, 1.807) is 77.2 Å². The lowest BCUT2D eigenvalue weighted by molar-refractivity contribution is -0.146. The molecule has 3 aromatic carbocycles. The van der Waals surface area contributed by atoms with Gasteiger partial charge in [-0.15, -0.1) is 0 Å². The molecule has 0 heterocycles. The number of rotatable bonds is 13. The van der Waals surface area contributed by atoms with E-state index < -0.39 is 39.4 Å². The van der Waals surface area contributed by atoms with Crippen LogP contribution in [0.4, 0.5) is 11.4 Å². The highest BCUT2D eigenvalue weighted by Gasteiger charge is 2.26. The van der Waals surface area contributed by atoms with Crippen molar-refractivity contribution >= 4 is 45.4 Å². The lowest BCUT2D eigenvalue weighted by Gasteiger charge is -2.20. The van der Waals surface area contributed by atoms with Crippen LogP contribution < -0.4 is 21.5 Å². The van der Waals surface area contributed by atoms with E-state index in [0.717, 1.165) is 0 Å². The molecule has 0 aromatic heterocycles. The number of amides is 2. The van der Waals surface area contributed by atoms with Gasteiger partial charge in [0.2, 0.25) is 10.0 Å². The fourth-order valence-corrected chi connectivity index (χ4v) is 4.91. The Kier molecular flexibility index (Phi) is 11.8. The second-order valence-electron chi connectivity index (χ2n) is 11.7. The number of nitrogen functional groups attached to an aromatic ring is 1. The fourth-order valence-electron chi connectivity index (χ4n) is 4.35. The van der Waals surface area contributed by atoms with Gasteiger partial charge in [-0.1, -0.05) is 32.0 Å². The maximum atomic E-state index is 13.3. The Hall–Kier alpha value is -4.59. The predicted octanol–water partition coefficient (Wildman–Crippen LogP) is 3.73. The Morgan fingerprint density at radius 3 is 2.28 bits per heavy atom. The fraction of sp³-hybridized carbons (Fsp3) is 0.333. The van der Waals surface area contributed by atoms with E-state index in [1.807, 2.05) is 0 Å². The smallest absolute Gasteiger partial charge is 0.328 e. The minimum Gasteiger partial charge on any atom is -0.464 e. The summed E-state index contributed by atoms with van der Waals surface area (Å²) in [4.78, 5) is 42.8. The van der Waals surface area contributed by atoms with E-state index in [1.165, 1.54) is 24.3 Å². The van der Waals surface area contributed by atoms with Crippen LogP contribution in [0.25, 0.3) is 11.1 Å². The van der Waals surface area contributed by atoms with Crippen molar-refractivity contribution < 1.29 is 32.6 Å². The molecule has 46 heavy (non-hydrogen) atoms. The quantitative estimate of drug-likeness (QED) is 0.104. The second-order valence-corrected chi connectivity index (χ2v) is 13.2. The Morgan fingerprint density at radius 1 is 1.02 bits per heavy atom. The van der Waals surface area contributed by atoms with Gasteiger partial charge >= 0.3 is 5.97 Å². The molecule has 2 amide bonds. The number of hydrogen-bond acceptors (Lipinski definition) is 9. The SMILES string of the molecule is CCOC(=O)[C@H](NC(=O)c1ccc(-c2cc(N)c(C=NCCC(C)(C)O)cc2NC(=O)c2cccc(S(N)(=O)=O)c2)cc1)C(C)C. The molecule has 246 valence electrons. The number of benzene rings is 3. The minimum absolute atomic E-state index is 0.0584. The number of carbonyl (C=O) groups is 3. The number of hydrogen-bond donors (Lipinski definition) is 5. The van der Waals surface area contributed by atoms with Crippen LogP contribution in [0.5, 0.6) is 0 Å². The minimum atomic E-state index is -4.04. The third-order valence-corrected chi connectivity index (χ3v) is 7.84. The van der Waals surface area contributed by atoms with Gasteiger partial charge in [0.15, 0.2) is 0 Å². The van der Waals surface area contributed by atoms with E-state index in [9.17, 15) is 27.9 Å². The van der Waals surface area contributed by atoms with E-state index >= 15 is 0 Å². The van der Waals surface area contributed by atoms with Crippen LogP contribution >= 0.6 is 0 Å². The highest BCUT2D eigenvalue weighted by atomic mass is 32.2. The van der Waals surface area contributed by atoms with Crippen molar-refractivity contribution in [2.24, 2.45) is 16.0 Å². The van der Waals surface area contributed by atoms with Crippen molar-refractivity contribution in [1.29, 1.82) is 0 Å². The van der Waals surface area contributed by atoms with Crippen LogP contribution in [-0.4, -0.2) is 62.3 Å². The average Bonchev–Trinajstić information content (AvgIpc) is 2.98. The lowest BCUT2D eigenvalue weighted by Crippen LogP contribution is -2.45. The molecule has 0 bridgehead atoms. The van der Waals surface area contributed by atoms with Crippen molar-refractivity contribution in [2.75, 3.05) is 24.2 Å². The summed E-state index contributed by atoms with van der Waals surface area (Å²) in [6.07, 6.45) is 1.97. The van der Waals surface area contributed by atoms with Crippen molar-refractivity contribution in [3.8, 4) is 11.1 Å². The van der Waals surface area contributed by atoms with Crippen LogP contribution in [0.15, 0.2) is 70.6 Å². The van der Waals surface area contributed by atoms with Crippen molar-refractivity contribution in [1.82, 2.24) is 5.32 Å². The molecule has 3 aromatic rings. The molecule has 0 spiro atoms. The molecule has 7 N–H and O–H groups in total. The summed E-state index contributed by atoms with van der Waals surface area (Å²) in [5, 5.41) is 20.8. The maximum Gasteiger partial charge on any atom is 0.328 e. The monoisotopic (exact) mass is 651 g/mol. The second kappa shape index (κ2) is 15.1. The van der Waals surface area contributed by atoms with Crippen LogP contribution in [0.3, 0.4) is 0 Å². The lowest BCUT2D eigenvalue weighted by atomic mass is 9.98. The Morgan fingerprint density at radius 2 is 1.70 bits per heavy atom. The van der Waals surface area contributed by atoms with Gasteiger partial charge in [0, 0.05) is 46.4 Å². The molecule has 0 saturated carbocycles. The first-order valence-electron chi connectivity index (χ1n) is 14.7. The van der Waals surface area contributed by atoms with E-state index in [4.69, 9.17) is 15.6 Å². The predicted molar refractivity (Wildman–Crippen MR) is 178 cm³/mol. The van der Waals surface area contributed by atoms with Gasteiger partial charge in [-0.2, -0.15) is 0 Å². The molecule has 0 fully saturated rings. The molecular weight excluding hydrogens is 610 g/mol. The Labute approximate surface area is 269 Å². The molecule has 0 unspecified atom stereocenters. The Bertz CT molecular complexity index is 1710. The number of ether oxygens (including phenoxy) is 1. The first-order valence-corrected chi connectivity index (χ1v) is 16.2. The standard InChI is InChI=1S/C33H41N5O7S/c1-6-45-32(41)29(20(2)3)38-30(39)22-12-10-21(11-13-22)26-18-27(34)24(19-36-15-14-33(4,5)42)17-28(26)37-31(40)23-8-7-9-25(16-23)46(35,43)44/h7-13,16-20,29,42H,6,14-15,34H2,1-5H3,(H,37,40)(H,38,39)(H2,35,43,44)/t29-/m1/s1. The first kappa shape index (κ1) is 35.9. The van der Waals surface area contributed by atoms with Crippen molar-refractivity contribution in [2.45, 2.75) is 57.6 Å². The Balaban J connectivity index is 1.98. The number of nitrogens with two attached hydrogens (primary N) is 2. The molecule has 0 saturated heterocycles. The maximum absolute atomic E-state index is 13.3. The number of nitrogens with zero attached hydrogens (tertiary/aromatic N) is 1. The van der Waals surface area contributed by atoms with E-state index in [2.05, 4.69) is 15.6 Å². The van der Waals surface area contributed by atoms with Gasteiger partial charge in [0.05, 0.1) is 17.1 Å². The molecule has 0 aliphatic heterocycles. The van der Waals surface area contributed by atoms with E-state index in [0.29, 0.717) is 46.6 Å². The van der Waals surface area contributed by atoms with Crippen molar-refractivity contribution in [3.05, 3.63) is 77.4 Å². The summed E-state index contributed by atoms with van der Waals surface area (Å²) in [5.41, 5.74) is 8.15. The summed E-state index contributed by atoms with van der Waals surface area (Å²) >= 11 is 0. The number of primary sulfonamides is 1. The zero-order chi connectivity index (χ0) is 34.2. The number of carbonyl (C=O) groups excluding carboxylic acids is 3. The summed E-state index contributed by atoms with van der Waals surface area (Å²) in [6.45, 7) is 9.20. The molecule has 0 radical (unpaired) electrons. The van der Waals surface area contributed by atoms with Crippen molar-refractivity contribution in [3.63, 3.8) is 0 Å². The van der Waals surface area contributed by atoms with Gasteiger partial charge in [0.1, 0.15) is 6.04 Å². The number of aliphatic imine (C=N–C) groups is 1. The molecule has 12 nitrogen and oxygen atoms in total. The van der Waals surface area contributed by atoms with Gasteiger partial charge in [-0.25, -0.2) is 18.4 Å². The van der Waals surface area contributed by atoms with Gasteiger partial charge < -0.3 is 26.2 Å². The third kappa shape index (κ3) is 9.96. The van der Waals surface area contributed by atoms with Crippen LogP contribution in [0, 0.1) is 5.92 Å². The largest absolute Gasteiger partial charge is 0.464 e. The highest BCUT2D eigenvalue weighted by molar-refractivity contribution is 7.89. The molecule has 3 rings (SSSR count). The molecule has 0 aliphatic carbocycles. The first-order chi connectivity index (χ1) is 21.5. The number of esters is 1. The average molecular weight is 652 g/mol. The van der Waals surface area contributed by atoms with Crippen LogP contribution in [-0.2, 0) is 19.6 Å². The molecule has 13 heteroatoms. The summed E-state index contributed by atoms with van der Waals surface area (Å²) in [7, 11) is -4.04. The van der Waals surface area contributed by atoms with E-state index in [-0.39, 0.29) is 23.0 Å². The summed E-state index contributed by atoms with van der Waals surface area (Å²) in [5.74, 6) is -1.77. The molecular formula is C33H41N5O7S. The third-order valence-electron chi connectivity index (χ3n) is 6.93. The molecule has 0 aliphatic rings. The highest BCUT2D eigenvalue weighted by Crippen LogP contribution is 2.33. The number of nitrogens with one attached hydrogen (secondary N) is 2. The number of sulfonamides is 1. The topological polar surface area (TPSA) is 203 Å². The number of anilines is 2. The summed E-state index contributed by atoms with van der Waals surface area (Å²) < 4.78 is 28.8. The molecule has 1 atom stereocenters. The van der Waals surface area contributed by atoms with Gasteiger partial charge in [-0.05, 0) is 81.1 Å². The van der Waals surface area contributed by atoms with Gasteiger partial charge in [-0.3, -0.25) is 14.6 Å².